The second-order valence-corrected chi connectivity index (χ2v) is 3.82. The fourth-order valence-corrected chi connectivity index (χ4v) is 1.56. The SMILES string of the molecule is C#CCOCCOC1OC(CO)C(O)C(O)C1O. The third-order valence-electron chi connectivity index (χ3n) is 2.54. The quantitative estimate of drug-likeness (QED) is 0.308. The van der Waals surface area contributed by atoms with Gasteiger partial charge in [0.05, 0.1) is 19.8 Å². The van der Waals surface area contributed by atoms with Crippen LogP contribution in [0.5, 0.6) is 0 Å². The van der Waals surface area contributed by atoms with Crippen LogP contribution < -0.4 is 0 Å². The van der Waals surface area contributed by atoms with Crippen LogP contribution in [0.3, 0.4) is 0 Å². The van der Waals surface area contributed by atoms with E-state index in [0.29, 0.717) is 0 Å². The smallest absolute Gasteiger partial charge is 0.186 e. The molecule has 1 aliphatic rings. The molecule has 0 bridgehead atoms. The molecule has 7 nitrogen and oxygen atoms in total. The van der Waals surface area contributed by atoms with Gasteiger partial charge in [-0.15, -0.1) is 6.42 Å². The number of hydrogen-bond acceptors (Lipinski definition) is 7. The van der Waals surface area contributed by atoms with Crippen molar-refractivity contribution in [2.45, 2.75) is 30.7 Å². The van der Waals surface area contributed by atoms with Gasteiger partial charge in [0, 0.05) is 0 Å². The van der Waals surface area contributed by atoms with Gasteiger partial charge in [-0.25, -0.2) is 0 Å². The number of aliphatic hydroxyl groups is 4. The maximum absolute atomic E-state index is 9.61. The lowest BCUT2D eigenvalue weighted by Gasteiger charge is -2.39. The summed E-state index contributed by atoms with van der Waals surface area (Å²) in [6, 6.07) is 0. The molecule has 1 heterocycles. The molecule has 1 saturated heterocycles. The minimum atomic E-state index is -1.44. The van der Waals surface area contributed by atoms with Crippen LogP contribution in [0, 0.1) is 12.3 Å². The van der Waals surface area contributed by atoms with Gasteiger partial charge >= 0.3 is 0 Å². The zero-order valence-electron chi connectivity index (χ0n) is 9.81. The Kier molecular flexibility index (Phi) is 6.52. The predicted octanol–water partition coefficient (Wildman–Crippen LogP) is -2.55. The number of rotatable bonds is 6. The van der Waals surface area contributed by atoms with Gasteiger partial charge in [-0.1, -0.05) is 5.92 Å². The Morgan fingerprint density at radius 2 is 1.83 bits per heavy atom. The van der Waals surface area contributed by atoms with Gasteiger partial charge in [0.15, 0.2) is 6.29 Å². The van der Waals surface area contributed by atoms with E-state index in [-0.39, 0.29) is 19.8 Å². The van der Waals surface area contributed by atoms with Crippen molar-refractivity contribution in [2.24, 2.45) is 0 Å². The van der Waals surface area contributed by atoms with Crippen LogP contribution in [0.1, 0.15) is 0 Å². The van der Waals surface area contributed by atoms with E-state index in [1.54, 1.807) is 0 Å². The topological polar surface area (TPSA) is 109 Å². The zero-order chi connectivity index (χ0) is 13.5. The molecule has 7 heteroatoms. The summed E-state index contributed by atoms with van der Waals surface area (Å²) < 4.78 is 15.2. The van der Waals surface area contributed by atoms with Crippen molar-refractivity contribution in [3.63, 3.8) is 0 Å². The van der Waals surface area contributed by atoms with Crippen LogP contribution in [0.15, 0.2) is 0 Å². The van der Waals surface area contributed by atoms with Crippen LogP contribution >= 0.6 is 0 Å². The third kappa shape index (κ3) is 3.90. The van der Waals surface area contributed by atoms with Gasteiger partial charge < -0.3 is 34.6 Å². The highest BCUT2D eigenvalue weighted by molar-refractivity contribution is 4.88. The fraction of sp³-hybridized carbons (Fsp3) is 0.818. The Balaban J connectivity index is 2.37. The van der Waals surface area contributed by atoms with Gasteiger partial charge in [0.1, 0.15) is 31.0 Å². The van der Waals surface area contributed by atoms with Crippen molar-refractivity contribution in [3.8, 4) is 12.3 Å². The first-order chi connectivity index (χ1) is 8.61. The van der Waals surface area contributed by atoms with E-state index < -0.39 is 37.3 Å². The number of hydrogen-bond donors (Lipinski definition) is 4. The standard InChI is InChI=1S/C11H18O7/c1-2-3-16-4-5-17-11-10(15)9(14)8(13)7(6-12)18-11/h1,7-15H,3-6H2. The normalized spacial score (nSPS) is 36.3. The minimum Gasteiger partial charge on any atom is -0.394 e. The van der Waals surface area contributed by atoms with Crippen LogP contribution in [0.25, 0.3) is 0 Å². The highest BCUT2D eigenvalue weighted by Gasteiger charge is 2.43. The zero-order valence-corrected chi connectivity index (χ0v) is 9.81. The van der Waals surface area contributed by atoms with Gasteiger partial charge in [0.2, 0.25) is 0 Å². The van der Waals surface area contributed by atoms with E-state index in [1.807, 2.05) is 0 Å². The summed E-state index contributed by atoms with van der Waals surface area (Å²) in [4.78, 5) is 0. The Morgan fingerprint density at radius 3 is 2.44 bits per heavy atom. The minimum absolute atomic E-state index is 0.102. The maximum Gasteiger partial charge on any atom is 0.186 e. The lowest BCUT2D eigenvalue weighted by Crippen LogP contribution is -2.59. The van der Waals surface area contributed by atoms with E-state index >= 15 is 0 Å². The molecule has 1 rings (SSSR count). The molecular weight excluding hydrogens is 244 g/mol. The molecule has 1 aliphatic heterocycles. The van der Waals surface area contributed by atoms with Gasteiger partial charge in [-0.2, -0.15) is 0 Å². The highest BCUT2D eigenvalue weighted by Crippen LogP contribution is 2.21. The van der Waals surface area contributed by atoms with E-state index in [4.69, 9.17) is 25.7 Å². The second kappa shape index (κ2) is 7.66. The van der Waals surface area contributed by atoms with Crippen LogP contribution in [0.4, 0.5) is 0 Å². The predicted molar refractivity (Wildman–Crippen MR) is 59.4 cm³/mol. The molecule has 0 spiro atoms. The molecule has 5 unspecified atom stereocenters. The summed E-state index contributed by atoms with van der Waals surface area (Å²) >= 11 is 0. The summed E-state index contributed by atoms with van der Waals surface area (Å²) in [7, 11) is 0. The monoisotopic (exact) mass is 262 g/mol. The van der Waals surface area contributed by atoms with Crippen molar-refractivity contribution >= 4 is 0 Å². The largest absolute Gasteiger partial charge is 0.394 e. The number of ether oxygens (including phenoxy) is 3. The van der Waals surface area contributed by atoms with Crippen LogP contribution in [0.2, 0.25) is 0 Å². The lowest BCUT2D eigenvalue weighted by molar-refractivity contribution is -0.302. The van der Waals surface area contributed by atoms with Crippen molar-refractivity contribution in [1.82, 2.24) is 0 Å². The van der Waals surface area contributed by atoms with E-state index in [0.717, 1.165) is 0 Å². The second-order valence-electron chi connectivity index (χ2n) is 3.82. The fourth-order valence-electron chi connectivity index (χ4n) is 1.56. The number of aliphatic hydroxyl groups excluding tert-OH is 4. The molecule has 0 aromatic heterocycles. The Bertz CT molecular complexity index is 275. The first-order valence-electron chi connectivity index (χ1n) is 5.55. The summed E-state index contributed by atoms with van der Waals surface area (Å²) in [6.45, 7) is -0.0277. The van der Waals surface area contributed by atoms with Gasteiger partial charge in [0.25, 0.3) is 0 Å². The summed E-state index contributed by atoms with van der Waals surface area (Å²) in [5.74, 6) is 2.28. The summed E-state index contributed by atoms with van der Waals surface area (Å²) in [5, 5.41) is 37.6. The highest BCUT2D eigenvalue weighted by atomic mass is 16.7. The number of terminal acetylenes is 1. The van der Waals surface area contributed by atoms with Gasteiger partial charge in [-0.05, 0) is 0 Å². The molecule has 4 N–H and O–H groups in total. The molecule has 0 saturated carbocycles. The lowest BCUT2D eigenvalue weighted by atomic mass is 9.99. The third-order valence-corrected chi connectivity index (χ3v) is 2.54. The summed E-state index contributed by atoms with van der Waals surface area (Å²) in [5.41, 5.74) is 0. The molecule has 104 valence electrons. The average Bonchev–Trinajstić information content (AvgIpc) is 2.38. The average molecular weight is 262 g/mol. The molecule has 18 heavy (non-hydrogen) atoms. The first-order valence-corrected chi connectivity index (χ1v) is 5.55. The molecule has 5 atom stereocenters. The molecular formula is C11H18O7. The van der Waals surface area contributed by atoms with E-state index in [2.05, 4.69) is 5.92 Å². The Hall–Kier alpha value is -0.720. The van der Waals surface area contributed by atoms with Crippen molar-refractivity contribution in [2.75, 3.05) is 26.4 Å². The van der Waals surface area contributed by atoms with Crippen molar-refractivity contribution in [3.05, 3.63) is 0 Å². The Morgan fingerprint density at radius 1 is 1.11 bits per heavy atom. The molecule has 0 aliphatic carbocycles. The van der Waals surface area contributed by atoms with Crippen molar-refractivity contribution < 1.29 is 34.6 Å². The Labute approximate surface area is 105 Å². The molecule has 0 amide bonds. The molecule has 0 aromatic rings. The van der Waals surface area contributed by atoms with Crippen LogP contribution in [-0.4, -0.2) is 77.6 Å². The van der Waals surface area contributed by atoms with Crippen molar-refractivity contribution in [1.29, 1.82) is 0 Å². The van der Waals surface area contributed by atoms with Gasteiger partial charge in [-0.3, -0.25) is 0 Å². The van der Waals surface area contributed by atoms with Crippen LogP contribution in [-0.2, 0) is 14.2 Å². The van der Waals surface area contributed by atoms with E-state index in [1.165, 1.54) is 0 Å². The molecule has 0 radical (unpaired) electrons. The van der Waals surface area contributed by atoms with E-state index in [9.17, 15) is 15.3 Å². The first kappa shape index (κ1) is 15.3. The maximum atomic E-state index is 9.61. The summed E-state index contributed by atoms with van der Waals surface area (Å²) in [6.07, 6.45) is -1.34. The molecule has 1 fully saturated rings. The molecule has 0 aromatic carbocycles.